The van der Waals surface area contributed by atoms with E-state index in [1.165, 1.54) is 19.0 Å². The molecule has 6 nitrogen and oxygen atoms in total. The number of aromatic nitrogens is 4. The zero-order valence-electron chi connectivity index (χ0n) is 12.1. The van der Waals surface area contributed by atoms with E-state index in [4.69, 9.17) is 11.6 Å². The molecule has 2 aromatic heterocycles. The molecule has 1 saturated carbocycles. The van der Waals surface area contributed by atoms with E-state index in [-0.39, 0.29) is 5.75 Å². The second-order valence-corrected chi connectivity index (χ2v) is 5.88. The fraction of sp³-hybridized carbons (Fsp3) is 0.188. The number of nitrogens with one attached hydrogen (secondary N) is 1. The Bertz CT molecular complexity index is 859. The summed E-state index contributed by atoms with van der Waals surface area (Å²) in [5.41, 5.74) is 1.87. The van der Waals surface area contributed by atoms with Crippen molar-refractivity contribution in [3.8, 4) is 17.0 Å². The molecule has 0 aliphatic heterocycles. The molecule has 0 radical (unpaired) electrons. The number of aromatic hydroxyl groups is 1. The van der Waals surface area contributed by atoms with Crippen LogP contribution in [-0.4, -0.2) is 24.9 Å². The van der Waals surface area contributed by atoms with E-state index in [0.29, 0.717) is 28.3 Å². The number of anilines is 2. The molecule has 1 fully saturated rings. The highest BCUT2D eigenvalue weighted by Crippen LogP contribution is 2.35. The van der Waals surface area contributed by atoms with Crippen molar-refractivity contribution >= 4 is 23.2 Å². The van der Waals surface area contributed by atoms with Gasteiger partial charge in [0.2, 0.25) is 5.95 Å². The van der Waals surface area contributed by atoms with Crippen molar-refractivity contribution in [2.75, 3.05) is 5.32 Å². The quantitative estimate of drug-likeness (QED) is 0.762. The Labute approximate surface area is 137 Å². The van der Waals surface area contributed by atoms with Crippen molar-refractivity contribution in [2.24, 2.45) is 0 Å². The van der Waals surface area contributed by atoms with Crippen LogP contribution in [-0.2, 0) is 0 Å². The lowest BCUT2D eigenvalue weighted by molar-refractivity contribution is 0.477. The maximum Gasteiger partial charge on any atom is 0.227 e. The molecule has 0 saturated heterocycles. The largest absolute Gasteiger partial charge is 0.507 e. The number of hydrogen-bond donors (Lipinski definition) is 2. The van der Waals surface area contributed by atoms with Crippen molar-refractivity contribution in [2.45, 2.75) is 18.9 Å². The monoisotopic (exact) mass is 327 g/mol. The topological polar surface area (TPSA) is 75.9 Å². The van der Waals surface area contributed by atoms with Gasteiger partial charge in [-0.2, -0.15) is 5.10 Å². The summed E-state index contributed by atoms with van der Waals surface area (Å²) >= 11 is 6.18. The summed E-state index contributed by atoms with van der Waals surface area (Å²) in [4.78, 5) is 8.60. The molecule has 4 rings (SSSR count). The molecule has 0 spiro atoms. The Kier molecular flexibility index (Phi) is 3.38. The van der Waals surface area contributed by atoms with Crippen LogP contribution in [0, 0.1) is 0 Å². The van der Waals surface area contributed by atoms with Gasteiger partial charge in [0, 0.05) is 11.8 Å². The van der Waals surface area contributed by atoms with Crippen LogP contribution in [0.3, 0.4) is 0 Å². The van der Waals surface area contributed by atoms with Crippen LogP contribution in [0.2, 0.25) is 5.02 Å². The predicted octanol–water partition coefficient (Wildman–Crippen LogP) is 3.78. The van der Waals surface area contributed by atoms with Gasteiger partial charge in [-0.1, -0.05) is 23.7 Å². The van der Waals surface area contributed by atoms with E-state index in [1.54, 1.807) is 24.4 Å². The van der Waals surface area contributed by atoms with Crippen LogP contribution in [0.25, 0.3) is 11.3 Å². The predicted molar refractivity (Wildman–Crippen MR) is 87.9 cm³/mol. The van der Waals surface area contributed by atoms with Crippen LogP contribution < -0.4 is 5.32 Å². The molecule has 1 aliphatic carbocycles. The van der Waals surface area contributed by atoms with Crippen LogP contribution in [0.5, 0.6) is 5.75 Å². The van der Waals surface area contributed by atoms with E-state index >= 15 is 0 Å². The highest BCUT2D eigenvalue weighted by atomic mass is 35.5. The summed E-state index contributed by atoms with van der Waals surface area (Å²) in [6, 6.07) is 7.45. The van der Waals surface area contributed by atoms with Crippen molar-refractivity contribution < 1.29 is 5.11 Å². The fourth-order valence-electron chi connectivity index (χ4n) is 2.36. The van der Waals surface area contributed by atoms with E-state index in [9.17, 15) is 5.11 Å². The molecule has 7 heteroatoms. The summed E-state index contributed by atoms with van der Waals surface area (Å²) in [5.74, 6) is 0.531. The Morgan fingerprint density at radius 2 is 2.04 bits per heavy atom. The first kappa shape index (κ1) is 14.0. The van der Waals surface area contributed by atoms with Gasteiger partial charge in [-0.05, 0) is 25.0 Å². The van der Waals surface area contributed by atoms with Gasteiger partial charge in [-0.25, -0.2) is 9.97 Å². The van der Waals surface area contributed by atoms with E-state index < -0.39 is 0 Å². The van der Waals surface area contributed by atoms with Crippen LogP contribution in [0.15, 0.2) is 42.9 Å². The van der Waals surface area contributed by atoms with E-state index in [0.717, 1.165) is 5.69 Å². The number of para-hydroxylation sites is 1. The molecule has 0 bridgehead atoms. The summed E-state index contributed by atoms with van der Waals surface area (Å²) in [6.45, 7) is 0. The van der Waals surface area contributed by atoms with E-state index in [1.807, 2.05) is 16.9 Å². The highest BCUT2D eigenvalue weighted by Gasteiger charge is 2.24. The van der Waals surface area contributed by atoms with Gasteiger partial charge in [0.25, 0.3) is 0 Å². The second kappa shape index (κ2) is 5.55. The fourth-order valence-corrected chi connectivity index (χ4v) is 2.55. The minimum Gasteiger partial charge on any atom is -0.507 e. The Hall–Kier alpha value is -2.60. The first-order chi connectivity index (χ1) is 11.2. The zero-order chi connectivity index (χ0) is 15.8. The average molecular weight is 328 g/mol. The maximum absolute atomic E-state index is 9.99. The third-order valence-electron chi connectivity index (χ3n) is 3.68. The van der Waals surface area contributed by atoms with Crippen LogP contribution in [0.1, 0.15) is 18.9 Å². The van der Waals surface area contributed by atoms with E-state index in [2.05, 4.69) is 20.4 Å². The Morgan fingerprint density at radius 1 is 1.22 bits per heavy atom. The number of nitrogens with zero attached hydrogens (tertiary/aromatic N) is 4. The Balaban J connectivity index is 1.64. The molecule has 116 valence electrons. The molecule has 23 heavy (non-hydrogen) atoms. The zero-order valence-corrected chi connectivity index (χ0v) is 12.9. The molecule has 1 aromatic carbocycles. The smallest absolute Gasteiger partial charge is 0.227 e. The van der Waals surface area contributed by atoms with Gasteiger partial charge >= 0.3 is 0 Å². The molecule has 1 aliphatic rings. The summed E-state index contributed by atoms with van der Waals surface area (Å²) in [6.07, 6.45) is 7.56. The summed E-state index contributed by atoms with van der Waals surface area (Å²) in [5, 5.41) is 17.8. The molecular weight excluding hydrogens is 314 g/mol. The van der Waals surface area contributed by atoms with Gasteiger partial charge in [0.15, 0.2) is 0 Å². The first-order valence-corrected chi connectivity index (χ1v) is 7.70. The van der Waals surface area contributed by atoms with Gasteiger partial charge < -0.3 is 10.4 Å². The van der Waals surface area contributed by atoms with Crippen molar-refractivity contribution in [3.63, 3.8) is 0 Å². The molecule has 0 atom stereocenters. The summed E-state index contributed by atoms with van der Waals surface area (Å²) < 4.78 is 1.95. The number of halogens is 1. The lowest BCUT2D eigenvalue weighted by Crippen LogP contribution is -1.98. The molecule has 2 heterocycles. The Morgan fingerprint density at radius 3 is 2.83 bits per heavy atom. The molecule has 3 aromatic rings. The third kappa shape index (κ3) is 2.85. The molecule has 0 unspecified atom stereocenters. The van der Waals surface area contributed by atoms with Crippen LogP contribution >= 0.6 is 11.6 Å². The molecule has 2 N–H and O–H groups in total. The number of phenolic OH excluding ortho intramolecular Hbond substituents is 1. The minimum atomic E-state index is 0.126. The van der Waals surface area contributed by atoms with Gasteiger partial charge in [-0.3, -0.25) is 4.68 Å². The van der Waals surface area contributed by atoms with Crippen molar-refractivity contribution in [3.05, 3.63) is 47.9 Å². The first-order valence-electron chi connectivity index (χ1n) is 7.33. The number of rotatable bonds is 4. The standard InChI is InChI=1S/C16H14ClN5O/c17-13-8-18-16(20-10-7-19-22(9-10)11-5-6-11)21-15(13)12-3-1-2-4-14(12)23/h1-4,7-9,11,23H,5-6H2,(H,18,20,21). The average Bonchev–Trinajstić information content (AvgIpc) is 3.30. The third-order valence-corrected chi connectivity index (χ3v) is 3.96. The SMILES string of the molecule is Oc1ccccc1-c1nc(Nc2cnn(C3CC3)c2)ncc1Cl. The number of phenols is 1. The summed E-state index contributed by atoms with van der Waals surface area (Å²) in [7, 11) is 0. The normalized spacial score (nSPS) is 14.0. The highest BCUT2D eigenvalue weighted by molar-refractivity contribution is 6.33. The number of benzene rings is 1. The maximum atomic E-state index is 9.99. The molecular formula is C16H14ClN5O. The van der Waals surface area contributed by atoms with Crippen LogP contribution in [0.4, 0.5) is 11.6 Å². The molecule has 0 amide bonds. The number of hydrogen-bond acceptors (Lipinski definition) is 5. The van der Waals surface area contributed by atoms with Crippen molar-refractivity contribution in [1.82, 2.24) is 19.7 Å². The minimum absolute atomic E-state index is 0.126. The lowest BCUT2D eigenvalue weighted by Gasteiger charge is -2.08. The van der Waals surface area contributed by atoms with Gasteiger partial charge in [0.05, 0.1) is 34.8 Å². The van der Waals surface area contributed by atoms with Crippen molar-refractivity contribution in [1.29, 1.82) is 0 Å². The second-order valence-electron chi connectivity index (χ2n) is 5.47. The van der Waals surface area contributed by atoms with Gasteiger partial charge in [-0.15, -0.1) is 0 Å². The lowest BCUT2D eigenvalue weighted by atomic mass is 10.1. The van der Waals surface area contributed by atoms with Gasteiger partial charge in [0.1, 0.15) is 5.75 Å².